The molecule has 20 heavy (non-hydrogen) atoms. The highest BCUT2D eigenvalue weighted by molar-refractivity contribution is 8.22. The average Bonchev–Trinajstić information content (AvgIpc) is 2.70. The van der Waals surface area contributed by atoms with Crippen molar-refractivity contribution in [1.82, 2.24) is 4.90 Å². The molecule has 0 spiro atoms. The zero-order valence-corrected chi connectivity index (χ0v) is 13.0. The van der Waals surface area contributed by atoms with Crippen LogP contribution in [0.15, 0.2) is 22.6 Å². The van der Waals surface area contributed by atoms with Gasteiger partial charge in [-0.25, -0.2) is 4.79 Å². The van der Waals surface area contributed by atoms with E-state index in [1.807, 2.05) is 6.92 Å². The predicted molar refractivity (Wildman–Crippen MR) is 79.7 cm³/mol. The van der Waals surface area contributed by atoms with Crippen molar-refractivity contribution < 1.29 is 19.4 Å². The molecule has 0 radical (unpaired) electrons. The van der Waals surface area contributed by atoms with Crippen LogP contribution in [0.25, 0.3) is 0 Å². The van der Waals surface area contributed by atoms with Gasteiger partial charge in [-0.05, 0) is 12.7 Å². The van der Waals surface area contributed by atoms with Gasteiger partial charge in [0.15, 0.2) is 5.70 Å². The van der Waals surface area contributed by atoms with E-state index in [0.29, 0.717) is 5.70 Å². The maximum absolute atomic E-state index is 12.1. The Morgan fingerprint density at radius 2 is 2.40 bits per heavy atom. The van der Waals surface area contributed by atoms with Crippen LogP contribution in [0.3, 0.4) is 0 Å². The van der Waals surface area contributed by atoms with Gasteiger partial charge in [-0.1, -0.05) is 31.3 Å². The molecule has 110 valence electrons. The maximum atomic E-state index is 12.1. The lowest BCUT2D eigenvalue weighted by atomic mass is 9.92. The Kier molecular flexibility index (Phi) is 4.82. The van der Waals surface area contributed by atoms with Gasteiger partial charge in [-0.15, -0.1) is 11.8 Å². The minimum Gasteiger partial charge on any atom is -0.457 e. The molecule has 0 saturated carbocycles. The highest BCUT2D eigenvalue weighted by Gasteiger charge is 2.57. The Morgan fingerprint density at radius 3 is 2.95 bits per heavy atom. The Labute approximate surface area is 126 Å². The van der Waals surface area contributed by atoms with Crippen LogP contribution in [0, 0.1) is 5.92 Å². The van der Waals surface area contributed by atoms with Crippen molar-refractivity contribution in [3.63, 3.8) is 0 Å². The normalized spacial score (nSPS) is 26.1. The summed E-state index contributed by atoms with van der Waals surface area (Å²) in [7, 11) is 0. The van der Waals surface area contributed by atoms with Crippen LogP contribution >= 0.6 is 23.5 Å². The van der Waals surface area contributed by atoms with E-state index >= 15 is 0 Å². The van der Waals surface area contributed by atoms with Crippen LogP contribution in [0.1, 0.15) is 13.8 Å². The molecular weight excluding hydrogens is 298 g/mol. The zero-order chi connectivity index (χ0) is 14.9. The molecule has 0 aliphatic carbocycles. The largest absolute Gasteiger partial charge is 0.457 e. The minimum absolute atomic E-state index is 0.115. The summed E-state index contributed by atoms with van der Waals surface area (Å²) < 4.78 is 5.84. The molecule has 1 N–H and O–H groups in total. The third-order valence-electron chi connectivity index (χ3n) is 3.07. The summed E-state index contributed by atoms with van der Waals surface area (Å²) in [5.41, 5.74) is 0.315. The van der Waals surface area contributed by atoms with Gasteiger partial charge < -0.3 is 9.84 Å². The number of aliphatic hydroxyl groups is 1. The third kappa shape index (κ3) is 2.49. The first-order chi connectivity index (χ1) is 9.52. The van der Waals surface area contributed by atoms with Crippen molar-refractivity contribution in [2.45, 2.75) is 25.3 Å². The van der Waals surface area contributed by atoms with Crippen molar-refractivity contribution in [3.8, 4) is 0 Å². The molecule has 2 heterocycles. The Balaban J connectivity index is 2.21. The average molecular weight is 315 g/mol. The van der Waals surface area contributed by atoms with Crippen molar-refractivity contribution in [3.05, 3.63) is 22.6 Å². The summed E-state index contributed by atoms with van der Waals surface area (Å²) in [6.45, 7) is 7.19. The molecule has 2 rings (SSSR count). The van der Waals surface area contributed by atoms with Gasteiger partial charge in [0.05, 0.1) is 16.3 Å². The van der Waals surface area contributed by atoms with Gasteiger partial charge in [0.1, 0.15) is 12.0 Å². The minimum atomic E-state index is -0.715. The number of hydrogen-bond acceptors (Lipinski definition) is 6. The fourth-order valence-corrected chi connectivity index (χ4v) is 5.00. The van der Waals surface area contributed by atoms with E-state index in [2.05, 4.69) is 6.58 Å². The number of aliphatic hydroxyl groups excluding tert-OH is 1. The molecule has 1 fully saturated rings. The monoisotopic (exact) mass is 315 g/mol. The third-order valence-corrected chi connectivity index (χ3v) is 5.61. The number of rotatable bonds is 6. The molecule has 3 atom stereocenters. The number of fused-ring (bicyclic) bond motifs is 1. The molecule has 5 nitrogen and oxygen atoms in total. The number of hydrogen-bond donors (Lipinski definition) is 1. The SMILES string of the molecule is C=CCOC(=O)C1=C(SCC)SC2C(C(C)O)C(=O)N12. The van der Waals surface area contributed by atoms with E-state index in [1.165, 1.54) is 34.5 Å². The summed E-state index contributed by atoms with van der Waals surface area (Å²) in [5, 5.41) is 9.46. The quantitative estimate of drug-likeness (QED) is 0.456. The van der Waals surface area contributed by atoms with Gasteiger partial charge in [-0.2, -0.15) is 0 Å². The van der Waals surface area contributed by atoms with Gasteiger partial charge in [0.2, 0.25) is 5.91 Å². The van der Waals surface area contributed by atoms with Crippen LogP contribution in [-0.4, -0.2) is 45.7 Å². The Hall–Kier alpha value is -0.920. The number of thioether (sulfide) groups is 2. The second kappa shape index (κ2) is 6.24. The molecular formula is C13H17NO4S2. The number of carbonyl (C=O) groups is 2. The molecule has 1 amide bonds. The highest BCUT2D eigenvalue weighted by Crippen LogP contribution is 2.53. The molecule has 3 unspecified atom stereocenters. The van der Waals surface area contributed by atoms with Gasteiger partial charge in [0, 0.05) is 0 Å². The number of nitrogens with zero attached hydrogens (tertiary/aromatic N) is 1. The van der Waals surface area contributed by atoms with E-state index in [-0.39, 0.29) is 17.9 Å². The molecule has 0 aromatic carbocycles. The van der Waals surface area contributed by atoms with Gasteiger partial charge in [0.25, 0.3) is 0 Å². The first-order valence-corrected chi connectivity index (χ1v) is 8.22. The van der Waals surface area contributed by atoms with E-state index in [4.69, 9.17) is 4.74 Å². The van der Waals surface area contributed by atoms with E-state index in [1.54, 1.807) is 6.92 Å². The van der Waals surface area contributed by atoms with E-state index in [9.17, 15) is 14.7 Å². The predicted octanol–water partition coefficient (Wildman–Crippen LogP) is 1.55. The second-order valence-electron chi connectivity index (χ2n) is 4.44. The topological polar surface area (TPSA) is 66.8 Å². The molecule has 2 aliphatic heterocycles. The maximum Gasteiger partial charge on any atom is 0.357 e. The zero-order valence-electron chi connectivity index (χ0n) is 11.4. The summed E-state index contributed by atoms with van der Waals surface area (Å²) in [6.07, 6.45) is 0.772. The number of carbonyl (C=O) groups excluding carboxylic acids is 2. The van der Waals surface area contributed by atoms with Gasteiger partial charge in [-0.3, -0.25) is 9.69 Å². The fraction of sp³-hybridized carbons (Fsp3) is 0.538. The first kappa shape index (κ1) is 15.5. The number of ether oxygens (including phenoxy) is 1. The summed E-state index contributed by atoms with van der Waals surface area (Å²) in [5.74, 6) is -0.366. The number of amides is 1. The first-order valence-electron chi connectivity index (χ1n) is 6.35. The van der Waals surface area contributed by atoms with E-state index in [0.717, 1.165) is 9.99 Å². The lowest BCUT2D eigenvalue weighted by Crippen LogP contribution is -2.60. The van der Waals surface area contributed by atoms with Crippen molar-refractivity contribution in [2.24, 2.45) is 5.92 Å². The molecule has 1 saturated heterocycles. The molecule has 7 heteroatoms. The summed E-state index contributed by atoms with van der Waals surface area (Å²) >= 11 is 2.97. The summed E-state index contributed by atoms with van der Waals surface area (Å²) in [6, 6.07) is 0. The van der Waals surface area contributed by atoms with E-state index < -0.39 is 18.0 Å². The smallest absolute Gasteiger partial charge is 0.357 e. The van der Waals surface area contributed by atoms with Crippen LogP contribution in [0.4, 0.5) is 0 Å². The Bertz CT molecular complexity index is 475. The van der Waals surface area contributed by atoms with Gasteiger partial charge >= 0.3 is 5.97 Å². The standard InChI is InChI=1S/C13H17NO4S2/c1-4-6-18-12(17)9-13(19-5-2)20-11-8(7(3)15)10(16)14(9)11/h4,7-8,11,15H,1,5-6H2,2-3H3. The molecule has 0 aromatic rings. The van der Waals surface area contributed by atoms with Crippen LogP contribution in [0.5, 0.6) is 0 Å². The number of β-lactam (4-membered cyclic amide) rings is 1. The lowest BCUT2D eigenvalue weighted by Gasteiger charge is -2.43. The van der Waals surface area contributed by atoms with Crippen LogP contribution in [-0.2, 0) is 14.3 Å². The van der Waals surface area contributed by atoms with Crippen molar-refractivity contribution in [1.29, 1.82) is 0 Å². The molecule has 0 aromatic heterocycles. The van der Waals surface area contributed by atoms with Crippen molar-refractivity contribution in [2.75, 3.05) is 12.4 Å². The highest BCUT2D eigenvalue weighted by atomic mass is 32.2. The fourth-order valence-electron chi connectivity index (χ4n) is 2.18. The molecule has 0 bridgehead atoms. The second-order valence-corrected chi connectivity index (χ2v) is 7.10. The van der Waals surface area contributed by atoms with Crippen LogP contribution in [0.2, 0.25) is 0 Å². The van der Waals surface area contributed by atoms with Crippen LogP contribution < -0.4 is 0 Å². The summed E-state index contributed by atoms with van der Waals surface area (Å²) in [4.78, 5) is 25.6. The number of esters is 1. The lowest BCUT2D eigenvalue weighted by molar-refractivity contribution is -0.157. The van der Waals surface area contributed by atoms with Crippen molar-refractivity contribution >= 4 is 35.4 Å². The molecule has 2 aliphatic rings. The Morgan fingerprint density at radius 1 is 1.70 bits per heavy atom.